The minimum absolute atomic E-state index is 0.0638. The first-order valence-corrected chi connectivity index (χ1v) is 5.84. The van der Waals surface area contributed by atoms with E-state index >= 15 is 0 Å². The normalized spacial score (nSPS) is 18.9. The fraction of sp³-hybridized carbons (Fsp3) is 0.545. The number of nitrogens with zero attached hydrogens (tertiary/aromatic N) is 2. The van der Waals surface area contributed by atoms with Crippen LogP contribution >= 0.6 is 0 Å². The molecule has 98 valence electrons. The molecular formula is C11H16N4O3. The lowest BCUT2D eigenvalue weighted by molar-refractivity contribution is 0.0519. The van der Waals surface area contributed by atoms with Crippen molar-refractivity contribution in [2.45, 2.75) is 26.8 Å². The molecule has 0 aromatic carbocycles. The van der Waals surface area contributed by atoms with Crippen LogP contribution in [0.3, 0.4) is 0 Å². The van der Waals surface area contributed by atoms with Crippen molar-refractivity contribution >= 4 is 17.9 Å². The molecule has 0 aliphatic carbocycles. The first kappa shape index (κ1) is 12.4. The second-order valence-corrected chi connectivity index (χ2v) is 4.22. The molecule has 1 fully saturated rings. The van der Waals surface area contributed by atoms with Crippen LogP contribution in [0.25, 0.3) is 0 Å². The van der Waals surface area contributed by atoms with Crippen molar-refractivity contribution in [2.75, 3.05) is 18.1 Å². The van der Waals surface area contributed by atoms with E-state index in [0.717, 1.165) is 0 Å². The molecule has 18 heavy (non-hydrogen) atoms. The van der Waals surface area contributed by atoms with Crippen LogP contribution < -0.4 is 10.2 Å². The number of hydrogen-bond donors (Lipinski definition) is 2. The molecular weight excluding hydrogens is 236 g/mol. The average molecular weight is 252 g/mol. The number of aryl methyl sites for hydroxylation is 1. The van der Waals surface area contributed by atoms with Crippen LogP contribution in [0, 0.1) is 6.92 Å². The van der Waals surface area contributed by atoms with E-state index in [1.54, 1.807) is 13.8 Å². The van der Waals surface area contributed by atoms with Gasteiger partial charge in [0.2, 0.25) is 5.95 Å². The van der Waals surface area contributed by atoms with E-state index in [0.29, 0.717) is 24.8 Å². The lowest BCUT2D eigenvalue weighted by Gasteiger charge is -2.09. The Labute approximate surface area is 105 Å². The number of esters is 1. The summed E-state index contributed by atoms with van der Waals surface area (Å²) in [7, 11) is 0. The van der Waals surface area contributed by atoms with E-state index in [1.165, 1.54) is 4.90 Å². The SMILES string of the molecule is CCOC(=O)c1nc(N2C[C@@H](C)NC2=O)[nH]c1C. The summed E-state index contributed by atoms with van der Waals surface area (Å²) >= 11 is 0. The Bertz CT molecular complexity index is 483. The minimum atomic E-state index is -0.481. The van der Waals surface area contributed by atoms with E-state index in [9.17, 15) is 9.59 Å². The molecule has 2 N–H and O–H groups in total. The van der Waals surface area contributed by atoms with Crippen molar-refractivity contribution in [3.63, 3.8) is 0 Å². The van der Waals surface area contributed by atoms with Gasteiger partial charge in [0.15, 0.2) is 5.69 Å². The summed E-state index contributed by atoms with van der Waals surface area (Å²) < 4.78 is 4.89. The second-order valence-electron chi connectivity index (χ2n) is 4.22. The van der Waals surface area contributed by atoms with Gasteiger partial charge < -0.3 is 15.0 Å². The molecule has 0 bridgehead atoms. The summed E-state index contributed by atoms with van der Waals surface area (Å²) in [6.45, 7) is 6.17. The summed E-state index contributed by atoms with van der Waals surface area (Å²) in [6, 6.07) is -0.152. The lowest BCUT2D eigenvalue weighted by atomic mass is 10.3. The van der Waals surface area contributed by atoms with Gasteiger partial charge in [0.05, 0.1) is 13.2 Å². The molecule has 1 aromatic rings. The highest BCUT2D eigenvalue weighted by molar-refractivity contribution is 5.94. The van der Waals surface area contributed by atoms with Crippen molar-refractivity contribution < 1.29 is 14.3 Å². The van der Waals surface area contributed by atoms with Gasteiger partial charge in [-0.25, -0.2) is 14.6 Å². The van der Waals surface area contributed by atoms with Crippen molar-refractivity contribution in [2.24, 2.45) is 0 Å². The number of hydrogen-bond acceptors (Lipinski definition) is 4. The van der Waals surface area contributed by atoms with Crippen molar-refractivity contribution in [3.05, 3.63) is 11.4 Å². The Kier molecular flexibility index (Phi) is 3.22. The molecule has 1 aliphatic heterocycles. The van der Waals surface area contributed by atoms with Crippen LogP contribution in [0.15, 0.2) is 0 Å². The summed E-state index contributed by atoms with van der Waals surface area (Å²) in [5.74, 6) is -0.109. The van der Waals surface area contributed by atoms with E-state index in [1.807, 2.05) is 6.92 Å². The molecule has 0 saturated carbocycles. The largest absolute Gasteiger partial charge is 0.461 e. The van der Waals surface area contributed by atoms with Crippen LogP contribution in [0.2, 0.25) is 0 Å². The first-order valence-electron chi connectivity index (χ1n) is 5.84. The Morgan fingerprint density at radius 1 is 1.61 bits per heavy atom. The standard InChI is InChI=1S/C11H16N4O3/c1-4-18-9(16)8-7(3)13-10(14-8)15-5-6(2)12-11(15)17/h6H,4-5H2,1-3H3,(H,12,17)(H,13,14)/t6-/m1/s1. The van der Waals surface area contributed by atoms with Gasteiger partial charge in [-0.3, -0.25) is 4.90 Å². The first-order chi connectivity index (χ1) is 8.52. The number of amides is 2. The minimum Gasteiger partial charge on any atom is -0.461 e. The third-order valence-corrected chi connectivity index (χ3v) is 2.67. The highest BCUT2D eigenvalue weighted by atomic mass is 16.5. The number of carbonyl (C=O) groups excluding carboxylic acids is 2. The number of nitrogens with one attached hydrogen (secondary N) is 2. The topological polar surface area (TPSA) is 87.3 Å². The summed E-state index contributed by atoms with van der Waals surface area (Å²) in [5, 5.41) is 2.76. The average Bonchev–Trinajstić information content (AvgIpc) is 2.82. The number of aromatic nitrogens is 2. The van der Waals surface area contributed by atoms with Crippen LogP contribution in [0.4, 0.5) is 10.7 Å². The van der Waals surface area contributed by atoms with Gasteiger partial charge in [-0.1, -0.05) is 0 Å². The fourth-order valence-electron chi connectivity index (χ4n) is 1.84. The van der Waals surface area contributed by atoms with Gasteiger partial charge in [-0.05, 0) is 20.8 Å². The van der Waals surface area contributed by atoms with Crippen LogP contribution in [0.5, 0.6) is 0 Å². The molecule has 1 saturated heterocycles. The molecule has 0 radical (unpaired) electrons. The smallest absolute Gasteiger partial charge is 0.358 e. The number of ether oxygens (including phenoxy) is 1. The van der Waals surface area contributed by atoms with E-state index in [-0.39, 0.29) is 17.8 Å². The van der Waals surface area contributed by atoms with Gasteiger partial charge in [-0.15, -0.1) is 0 Å². The number of urea groups is 1. The Hall–Kier alpha value is -2.05. The molecule has 7 nitrogen and oxygen atoms in total. The number of H-pyrrole nitrogens is 1. The van der Waals surface area contributed by atoms with Gasteiger partial charge in [0.25, 0.3) is 0 Å². The molecule has 1 atom stereocenters. The Balaban J connectivity index is 2.23. The van der Waals surface area contributed by atoms with Crippen LogP contribution in [0.1, 0.15) is 30.0 Å². The van der Waals surface area contributed by atoms with E-state index in [2.05, 4.69) is 15.3 Å². The number of carbonyl (C=O) groups is 2. The van der Waals surface area contributed by atoms with Crippen molar-refractivity contribution in [3.8, 4) is 0 Å². The molecule has 7 heteroatoms. The Morgan fingerprint density at radius 3 is 2.89 bits per heavy atom. The second kappa shape index (κ2) is 4.67. The third kappa shape index (κ3) is 2.15. The zero-order chi connectivity index (χ0) is 13.3. The summed E-state index contributed by atoms with van der Waals surface area (Å²) in [5.41, 5.74) is 0.815. The fourth-order valence-corrected chi connectivity index (χ4v) is 1.84. The highest BCUT2D eigenvalue weighted by Gasteiger charge is 2.30. The number of anilines is 1. The zero-order valence-corrected chi connectivity index (χ0v) is 10.6. The van der Waals surface area contributed by atoms with Gasteiger partial charge >= 0.3 is 12.0 Å². The molecule has 2 rings (SSSR count). The van der Waals surface area contributed by atoms with E-state index < -0.39 is 5.97 Å². The van der Waals surface area contributed by atoms with Crippen LogP contribution in [-0.4, -0.2) is 41.2 Å². The monoisotopic (exact) mass is 252 g/mol. The number of aromatic amines is 1. The molecule has 0 unspecified atom stereocenters. The maximum Gasteiger partial charge on any atom is 0.358 e. The van der Waals surface area contributed by atoms with Gasteiger partial charge in [0, 0.05) is 11.7 Å². The maximum absolute atomic E-state index is 11.6. The summed E-state index contributed by atoms with van der Waals surface area (Å²) in [4.78, 5) is 31.8. The van der Waals surface area contributed by atoms with Gasteiger partial charge in [-0.2, -0.15) is 0 Å². The Morgan fingerprint density at radius 2 is 2.33 bits per heavy atom. The van der Waals surface area contributed by atoms with E-state index in [4.69, 9.17) is 4.74 Å². The maximum atomic E-state index is 11.6. The molecule has 2 heterocycles. The molecule has 1 aromatic heterocycles. The van der Waals surface area contributed by atoms with Crippen LogP contribution in [-0.2, 0) is 4.74 Å². The lowest BCUT2D eigenvalue weighted by Crippen LogP contribution is -2.28. The zero-order valence-electron chi connectivity index (χ0n) is 10.6. The van der Waals surface area contributed by atoms with Crippen molar-refractivity contribution in [1.82, 2.24) is 15.3 Å². The van der Waals surface area contributed by atoms with Crippen molar-refractivity contribution in [1.29, 1.82) is 0 Å². The molecule has 1 aliphatic rings. The number of rotatable bonds is 3. The quantitative estimate of drug-likeness (QED) is 0.779. The highest BCUT2D eigenvalue weighted by Crippen LogP contribution is 2.17. The van der Waals surface area contributed by atoms with Gasteiger partial charge in [0.1, 0.15) is 0 Å². The number of imidazole rings is 1. The molecule has 0 spiro atoms. The third-order valence-electron chi connectivity index (χ3n) is 2.67. The predicted molar refractivity (Wildman–Crippen MR) is 64.6 cm³/mol. The molecule has 2 amide bonds. The predicted octanol–water partition coefficient (Wildman–Crippen LogP) is 0.813. The summed E-state index contributed by atoms with van der Waals surface area (Å²) in [6.07, 6.45) is 0.